The Labute approximate surface area is 184 Å². The zero-order valence-corrected chi connectivity index (χ0v) is 20.4. The molecule has 1 atom stereocenters. The SMILES string of the molecule is CCSC(C)(C(=O)Nc1cc(C(C)(C)C)on1)C1CCN(C(=O)OC(C)(C)C)CC1. The van der Waals surface area contributed by atoms with Crippen molar-refractivity contribution in [3.05, 3.63) is 11.8 Å². The van der Waals surface area contributed by atoms with Gasteiger partial charge in [0, 0.05) is 24.6 Å². The monoisotopic (exact) mass is 439 g/mol. The summed E-state index contributed by atoms with van der Waals surface area (Å²) in [4.78, 5) is 27.4. The largest absolute Gasteiger partial charge is 0.444 e. The number of thioether (sulfide) groups is 1. The van der Waals surface area contributed by atoms with E-state index in [1.54, 1.807) is 22.7 Å². The van der Waals surface area contributed by atoms with Crippen molar-refractivity contribution in [1.82, 2.24) is 10.1 Å². The Hall–Kier alpha value is -1.70. The van der Waals surface area contributed by atoms with Crippen LogP contribution in [-0.2, 0) is 14.9 Å². The third-order valence-electron chi connectivity index (χ3n) is 5.31. The Balaban J connectivity index is 2.05. The summed E-state index contributed by atoms with van der Waals surface area (Å²) in [5, 5.41) is 6.98. The maximum absolute atomic E-state index is 13.3. The topological polar surface area (TPSA) is 84.7 Å². The standard InChI is InChI=1S/C22H37N3O4S/c1-9-30-22(8,18(26)23-17-14-16(29-24-17)20(2,3)4)15-10-12-25(13-11-15)19(27)28-21(5,6)7/h14-15H,9-13H2,1-8H3,(H,23,24,26). The Morgan fingerprint density at radius 1 is 1.20 bits per heavy atom. The maximum Gasteiger partial charge on any atom is 0.410 e. The van der Waals surface area contributed by atoms with Crippen LogP contribution in [0.2, 0.25) is 0 Å². The summed E-state index contributed by atoms with van der Waals surface area (Å²) in [6, 6.07) is 1.79. The van der Waals surface area contributed by atoms with E-state index in [0.717, 1.165) is 24.4 Å². The predicted octanol–water partition coefficient (Wildman–Crippen LogP) is 5.07. The molecule has 1 aliphatic rings. The van der Waals surface area contributed by atoms with Gasteiger partial charge < -0.3 is 19.5 Å². The molecule has 0 spiro atoms. The number of carbonyl (C=O) groups excluding carboxylic acids is 2. The second kappa shape index (κ2) is 9.20. The zero-order chi connectivity index (χ0) is 22.7. The summed E-state index contributed by atoms with van der Waals surface area (Å²) >= 11 is 1.64. The van der Waals surface area contributed by atoms with Gasteiger partial charge in [0.25, 0.3) is 0 Å². The van der Waals surface area contributed by atoms with Gasteiger partial charge in [-0.05, 0) is 52.2 Å². The van der Waals surface area contributed by atoms with Crippen molar-refractivity contribution in [3.63, 3.8) is 0 Å². The second-order valence-electron chi connectivity index (χ2n) is 10.1. The van der Waals surface area contributed by atoms with Crippen molar-refractivity contribution in [2.24, 2.45) is 5.92 Å². The zero-order valence-electron chi connectivity index (χ0n) is 19.6. The molecule has 1 aliphatic heterocycles. The smallest absolute Gasteiger partial charge is 0.410 e. The van der Waals surface area contributed by atoms with Crippen molar-refractivity contribution in [2.75, 3.05) is 24.2 Å². The van der Waals surface area contributed by atoms with E-state index in [9.17, 15) is 9.59 Å². The first kappa shape index (κ1) is 24.6. The number of nitrogens with one attached hydrogen (secondary N) is 1. The molecule has 1 saturated heterocycles. The number of nitrogens with zero attached hydrogens (tertiary/aromatic N) is 2. The number of rotatable bonds is 5. The van der Waals surface area contributed by atoms with E-state index in [0.29, 0.717) is 18.9 Å². The molecule has 1 aromatic heterocycles. The lowest BCUT2D eigenvalue weighted by Gasteiger charge is -2.41. The first-order chi connectivity index (χ1) is 13.8. The minimum Gasteiger partial charge on any atom is -0.444 e. The van der Waals surface area contributed by atoms with Gasteiger partial charge in [0.15, 0.2) is 5.82 Å². The van der Waals surface area contributed by atoms with Crippen LogP contribution < -0.4 is 5.32 Å². The molecule has 0 aromatic carbocycles. The van der Waals surface area contributed by atoms with Crippen LogP contribution in [0.3, 0.4) is 0 Å². The lowest BCUT2D eigenvalue weighted by atomic mass is 9.84. The molecule has 1 unspecified atom stereocenters. The fraction of sp³-hybridized carbons (Fsp3) is 0.773. The molecule has 2 heterocycles. The number of ether oxygens (including phenoxy) is 1. The van der Waals surface area contributed by atoms with Crippen LogP contribution in [0.15, 0.2) is 10.6 Å². The normalized spacial score (nSPS) is 18.1. The molecule has 1 aromatic rings. The second-order valence-corrected chi connectivity index (χ2v) is 11.8. The van der Waals surface area contributed by atoms with Crippen LogP contribution in [0, 0.1) is 5.92 Å². The van der Waals surface area contributed by atoms with E-state index in [2.05, 4.69) is 17.4 Å². The maximum atomic E-state index is 13.3. The number of amides is 2. The lowest BCUT2D eigenvalue weighted by molar-refractivity contribution is -0.119. The number of anilines is 1. The van der Waals surface area contributed by atoms with Crippen molar-refractivity contribution in [2.45, 2.75) is 84.0 Å². The van der Waals surface area contributed by atoms with Gasteiger partial charge in [0.05, 0.1) is 4.75 Å². The Bertz CT molecular complexity index is 742. The summed E-state index contributed by atoms with van der Waals surface area (Å²) in [6.45, 7) is 16.9. The number of likely N-dealkylation sites (tertiary alicyclic amines) is 1. The van der Waals surface area contributed by atoms with E-state index in [1.807, 2.05) is 48.5 Å². The van der Waals surface area contributed by atoms with Gasteiger partial charge >= 0.3 is 6.09 Å². The summed E-state index contributed by atoms with van der Waals surface area (Å²) in [5.74, 6) is 2.07. The summed E-state index contributed by atoms with van der Waals surface area (Å²) in [6.07, 6.45) is 1.22. The molecule has 2 amide bonds. The molecule has 7 nitrogen and oxygen atoms in total. The minimum atomic E-state index is -0.615. The first-order valence-electron chi connectivity index (χ1n) is 10.7. The number of hydrogen-bond acceptors (Lipinski definition) is 6. The number of carbonyl (C=O) groups is 2. The van der Waals surface area contributed by atoms with Gasteiger partial charge in [-0.15, -0.1) is 11.8 Å². The molecule has 0 bridgehead atoms. The molecule has 170 valence electrons. The van der Waals surface area contributed by atoms with E-state index in [4.69, 9.17) is 9.26 Å². The molecule has 1 N–H and O–H groups in total. The fourth-order valence-corrected chi connectivity index (χ4v) is 4.79. The van der Waals surface area contributed by atoms with E-state index in [1.165, 1.54) is 0 Å². The first-order valence-corrected chi connectivity index (χ1v) is 11.7. The molecule has 30 heavy (non-hydrogen) atoms. The third-order valence-corrected chi connectivity index (χ3v) is 6.72. The van der Waals surface area contributed by atoms with Gasteiger partial charge in [0.1, 0.15) is 11.4 Å². The van der Waals surface area contributed by atoms with Crippen LogP contribution >= 0.6 is 11.8 Å². The number of hydrogen-bond donors (Lipinski definition) is 1. The molecule has 0 radical (unpaired) electrons. The van der Waals surface area contributed by atoms with Crippen LogP contribution in [0.1, 0.15) is 74.0 Å². The molecular formula is C22H37N3O4S. The van der Waals surface area contributed by atoms with Gasteiger partial charge in [-0.3, -0.25) is 4.79 Å². The van der Waals surface area contributed by atoms with Crippen molar-refractivity contribution in [1.29, 1.82) is 0 Å². The molecule has 1 fully saturated rings. The van der Waals surface area contributed by atoms with Gasteiger partial charge in [0.2, 0.25) is 5.91 Å². The van der Waals surface area contributed by atoms with E-state index >= 15 is 0 Å². The quantitative estimate of drug-likeness (QED) is 0.689. The average Bonchev–Trinajstić information content (AvgIpc) is 3.09. The Morgan fingerprint density at radius 3 is 2.27 bits per heavy atom. The summed E-state index contributed by atoms with van der Waals surface area (Å²) < 4.78 is 10.3. The van der Waals surface area contributed by atoms with Gasteiger partial charge in [-0.1, -0.05) is 32.9 Å². The predicted molar refractivity (Wildman–Crippen MR) is 121 cm³/mol. The summed E-state index contributed by atoms with van der Waals surface area (Å²) in [7, 11) is 0. The highest BCUT2D eigenvalue weighted by Gasteiger charge is 2.44. The van der Waals surface area contributed by atoms with E-state index < -0.39 is 10.3 Å². The van der Waals surface area contributed by atoms with Gasteiger partial charge in [-0.2, -0.15) is 0 Å². The van der Waals surface area contributed by atoms with Crippen LogP contribution in [0.5, 0.6) is 0 Å². The molecular weight excluding hydrogens is 402 g/mol. The number of piperidine rings is 1. The van der Waals surface area contributed by atoms with Crippen molar-refractivity contribution >= 4 is 29.6 Å². The Kier molecular flexibility index (Phi) is 7.54. The van der Waals surface area contributed by atoms with Crippen LogP contribution in [0.25, 0.3) is 0 Å². The lowest BCUT2D eigenvalue weighted by Crippen LogP contribution is -2.50. The van der Waals surface area contributed by atoms with Crippen molar-refractivity contribution < 1.29 is 18.8 Å². The molecule has 0 aliphatic carbocycles. The van der Waals surface area contributed by atoms with Crippen LogP contribution in [-0.4, -0.2) is 51.2 Å². The fourth-order valence-electron chi connectivity index (χ4n) is 3.54. The average molecular weight is 440 g/mol. The highest BCUT2D eigenvalue weighted by Crippen LogP contribution is 2.40. The molecule has 8 heteroatoms. The van der Waals surface area contributed by atoms with Crippen LogP contribution in [0.4, 0.5) is 10.6 Å². The van der Waals surface area contributed by atoms with E-state index in [-0.39, 0.29) is 23.3 Å². The molecule has 2 rings (SSSR count). The minimum absolute atomic E-state index is 0.0705. The van der Waals surface area contributed by atoms with Crippen molar-refractivity contribution in [3.8, 4) is 0 Å². The third kappa shape index (κ3) is 6.15. The number of aromatic nitrogens is 1. The Morgan fingerprint density at radius 2 is 1.80 bits per heavy atom. The van der Waals surface area contributed by atoms with Gasteiger partial charge in [-0.25, -0.2) is 4.79 Å². The summed E-state index contributed by atoms with van der Waals surface area (Å²) in [5.41, 5.74) is -0.685. The highest BCUT2D eigenvalue weighted by atomic mass is 32.2. The molecule has 0 saturated carbocycles. The highest BCUT2D eigenvalue weighted by molar-refractivity contribution is 8.01.